The molecular weight excluding hydrogens is 185 g/mol. The number of hydrogen-bond donors (Lipinski definition) is 1. The summed E-state index contributed by atoms with van der Waals surface area (Å²) >= 11 is 0. The Bertz CT molecular complexity index is 344. The van der Waals surface area contributed by atoms with Crippen LogP contribution in [0.3, 0.4) is 0 Å². The van der Waals surface area contributed by atoms with Crippen LogP contribution in [0.1, 0.15) is 5.56 Å². The predicted octanol–water partition coefficient (Wildman–Crippen LogP) is 1.68. The fourth-order valence-electron chi connectivity index (χ4n) is 1.15. The zero-order valence-electron chi connectivity index (χ0n) is 7.50. The minimum Gasteiger partial charge on any atom is -0.475 e. The van der Waals surface area contributed by atoms with E-state index in [1.54, 1.807) is 24.3 Å². The van der Waals surface area contributed by atoms with Crippen molar-refractivity contribution in [1.29, 1.82) is 0 Å². The van der Waals surface area contributed by atoms with E-state index in [2.05, 4.69) is 5.48 Å². The molecule has 1 fully saturated rings. The molecule has 0 unspecified atom stereocenters. The van der Waals surface area contributed by atoms with E-state index in [4.69, 9.17) is 9.57 Å². The number of nitrogens with one attached hydrogen (secondary N) is 1. The monoisotopic (exact) mass is 195 g/mol. The normalized spacial score (nSPS) is 18.8. The van der Waals surface area contributed by atoms with Gasteiger partial charge in [-0.3, -0.25) is 4.84 Å². The van der Waals surface area contributed by atoms with Gasteiger partial charge in [-0.05, 0) is 6.07 Å². The van der Waals surface area contributed by atoms with Crippen molar-refractivity contribution in [3.8, 4) is 0 Å². The lowest BCUT2D eigenvalue weighted by molar-refractivity contribution is -0.0552. The Kier molecular flexibility index (Phi) is 2.65. The first-order valence-electron chi connectivity index (χ1n) is 4.33. The van der Waals surface area contributed by atoms with Crippen LogP contribution in [0.4, 0.5) is 4.39 Å². The molecule has 0 bridgehead atoms. The maximum atomic E-state index is 13.2. The Morgan fingerprint density at radius 3 is 2.86 bits per heavy atom. The summed E-state index contributed by atoms with van der Waals surface area (Å²) in [6.07, 6.45) is 1.56. The molecule has 0 spiro atoms. The minimum absolute atomic E-state index is 0.282. The number of benzene rings is 1. The SMILES string of the molecule is Fc1ccccc1C=C1NOCCO1. The molecule has 1 heterocycles. The van der Waals surface area contributed by atoms with Gasteiger partial charge in [0.25, 0.3) is 0 Å². The average molecular weight is 195 g/mol. The second kappa shape index (κ2) is 4.11. The highest BCUT2D eigenvalue weighted by Crippen LogP contribution is 2.11. The second-order valence-corrected chi connectivity index (χ2v) is 2.83. The lowest BCUT2D eigenvalue weighted by Gasteiger charge is -2.17. The van der Waals surface area contributed by atoms with Crippen molar-refractivity contribution in [2.75, 3.05) is 13.2 Å². The van der Waals surface area contributed by atoms with E-state index in [1.807, 2.05) is 0 Å². The van der Waals surface area contributed by atoms with Crippen molar-refractivity contribution >= 4 is 6.08 Å². The van der Waals surface area contributed by atoms with Crippen LogP contribution < -0.4 is 5.48 Å². The molecule has 1 aromatic rings. The molecule has 14 heavy (non-hydrogen) atoms. The topological polar surface area (TPSA) is 30.5 Å². The number of halogens is 1. The molecule has 1 aromatic carbocycles. The first-order valence-corrected chi connectivity index (χ1v) is 4.33. The van der Waals surface area contributed by atoms with E-state index in [1.165, 1.54) is 6.07 Å². The van der Waals surface area contributed by atoms with Crippen LogP contribution in [0, 0.1) is 5.82 Å². The molecule has 0 amide bonds. The number of hydroxylamine groups is 1. The summed E-state index contributed by atoms with van der Waals surface area (Å²) in [7, 11) is 0. The van der Waals surface area contributed by atoms with Crippen LogP contribution in [0.2, 0.25) is 0 Å². The summed E-state index contributed by atoms with van der Waals surface area (Å²) in [5, 5.41) is 0. The summed E-state index contributed by atoms with van der Waals surface area (Å²) in [5.41, 5.74) is 3.04. The van der Waals surface area contributed by atoms with Crippen molar-refractivity contribution in [2.24, 2.45) is 0 Å². The minimum atomic E-state index is -0.282. The van der Waals surface area contributed by atoms with Crippen molar-refractivity contribution in [3.05, 3.63) is 41.5 Å². The number of hydrogen-bond acceptors (Lipinski definition) is 3. The van der Waals surface area contributed by atoms with Crippen LogP contribution in [0.5, 0.6) is 0 Å². The summed E-state index contributed by atoms with van der Waals surface area (Å²) in [4.78, 5) is 4.93. The molecule has 0 aromatic heterocycles. The summed E-state index contributed by atoms with van der Waals surface area (Å²) in [5.74, 6) is 0.150. The Morgan fingerprint density at radius 2 is 2.14 bits per heavy atom. The predicted molar refractivity (Wildman–Crippen MR) is 49.4 cm³/mol. The lowest BCUT2D eigenvalue weighted by Crippen LogP contribution is -2.25. The van der Waals surface area contributed by atoms with Gasteiger partial charge in [0.05, 0.1) is 0 Å². The van der Waals surface area contributed by atoms with Crippen LogP contribution in [-0.2, 0) is 9.57 Å². The van der Waals surface area contributed by atoms with Gasteiger partial charge in [0.1, 0.15) is 19.0 Å². The van der Waals surface area contributed by atoms with E-state index in [9.17, 15) is 4.39 Å². The molecule has 1 aliphatic heterocycles. The van der Waals surface area contributed by atoms with Gasteiger partial charge in [-0.2, -0.15) is 0 Å². The molecule has 0 aliphatic carbocycles. The van der Waals surface area contributed by atoms with Gasteiger partial charge in [-0.1, -0.05) is 18.2 Å². The third-order valence-corrected chi connectivity index (χ3v) is 1.81. The van der Waals surface area contributed by atoms with E-state index in [0.29, 0.717) is 24.7 Å². The van der Waals surface area contributed by atoms with Crippen LogP contribution in [-0.4, -0.2) is 13.2 Å². The molecule has 1 saturated heterocycles. The Balaban J connectivity index is 2.19. The summed E-state index contributed by atoms with van der Waals surface area (Å²) < 4.78 is 18.4. The molecule has 0 atom stereocenters. The van der Waals surface area contributed by atoms with Gasteiger partial charge in [-0.15, -0.1) is 0 Å². The van der Waals surface area contributed by atoms with Crippen LogP contribution in [0.15, 0.2) is 30.1 Å². The third kappa shape index (κ3) is 2.03. The van der Waals surface area contributed by atoms with Crippen LogP contribution >= 0.6 is 0 Å². The fraction of sp³-hybridized carbons (Fsp3) is 0.200. The number of ether oxygens (including phenoxy) is 1. The first-order chi connectivity index (χ1) is 6.86. The molecule has 3 nitrogen and oxygen atoms in total. The van der Waals surface area contributed by atoms with Gasteiger partial charge in [0, 0.05) is 11.6 Å². The summed E-state index contributed by atoms with van der Waals surface area (Å²) in [6.45, 7) is 0.974. The van der Waals surface area contributed by atoms with Crippen molar-refractivity contribution in [3.63, 3.8) is 0 Å². The third-order valence-electron chi connectivity index (χ3n) is 1.81. The van der Waals surface area contributed by atoms with Gasteiger partial charge in [-0.25, -0.2) is 9.87 Å². The Morgan fingerprint density at radius 1 is 1.29 bits per heavy atom. The largest absolute Gasteiger partial charge is 0.475 e. The molecule has 0 radical (unpaired) electrons. The molecule has 74 valence electrons. The molecule has 0 saturated carbocycles. The van der Waals surface area contributed by atoms with E-state index in [0.717, 1.165) is 0 Å². The van der Waals surface area contributed by atoms with Gasteiger partial charge in [0.15, 0.2) is 0 Å². The fourth-order valence-corrected chi connectivity index (χ4v) is 1.15. The van der Waals surface area contributed by atoms with Crippen LogP contribution in [0.25, 0.3) is 6.08 Å². The second-order valence-electron chi connectivity index (χ2n) is 2.83. The Hall–Kier alpha value is -1.55. The maximum Gasteiger partial charge on any atom is 0.211 e. The molecular formula is C10H10FNO2. The smallest absolute Gasteiger partial charge is 0.211 e. The van der Waals surface area contributed by atoms with Crippen molar-refractivity contribution < 1.29 is 14.0 Å². The molecule has 4 heteroatoms. The van der Waals surface area contributed by atoms with Crippen molar-refractivity contribution in [2.45, 2.75) is 0 Å². The molecule has 2 rings (SSSR count). The zero-order chi connectivity index (χ0) is 9.80. The van der Waals surface area contributed by atoms with Gasteiger partial charge >= 0.3 is 0 Å². The zero-order valence-corrected chi connectivity index (χ0v) is 7.50. The van der Waals surface area contributed by atoms with Gasteiger partial charge in [0.2, 0.25) is 5.88 Å². The lowest BCUT2D eigenvalue weighted by atomic mass is 10.2. The Labute approximate surface area is 81.1 Å². The first kappa shape index (κ1) is 9.02. The van der Waals surface area contributed by atoms with E-state index in [-0.39, 0.29) is 5.82 Å². The van der Waals surface area contributed by atoms with Crippen molar-refractivity contribution in [1.82, 2.24) is 5.48 Å². The van der Waals surface area contributed by atoms with Gasteiger partial charge < -0.3 is 4.74 Å². The quantitative estimate of drug-likeness (QED) is 0.739. The highest BCUT2D eigenvalue weighted by molar-refractivity contribution is 5.51. The molecule has 1 N–H and O–H groups in total. The standard InChI is InChI=1S/C10H10FNO2/c11-9-4-2-1-3-8(9)7-10-12-14-6-5-13-10/h1-4,7,12H,5-6H2. The van der Waals surface area contributed by atoms with E-state index >= 15 is 0 Å². The average Bonchev–Trinajstić information content (AvgIpc) is 2.23. The maximum absolute atomic E-state index is 13.2. The summed E-state index contributed by atoms with van der Waals surface area (Å²) in [6, 6.07) is 6.47. The highest BCUT2D eigenvalue weighted by atomic mass is 19.1. The van der Waals surface area contributed by atoms with E-state index < -0.39 is 0 Å². The number of rotatable bonds is 1. The molecule has 1 aliphatic rings. The highest BCUT2D eigenvalue weighted by Gasteiger charge is 2.06.